The smallest absolute Gasteiger partial charge is 0.393 e. The number of alkyl halides is 3. The third kappa shape index (κ3) is 4.73. The summed E-state index contributed by atoms with van der Waals surface area (Å²) < 4.78 is 60.8. The molecule has 0 saturated heterocycles. The average Bonchev–Trinajstić information content (AvgIpc) is 2.26. The Balaban J connectivity index is 2.95. The molecule has 0 spiro atoms. The number of sulfonamides is 1. The van der Waals surface area contributed by atoms with E-state index in [-0.39, 0.29) is 14.2 Å². The Morgan fingerprint density at radius 1 is 1.30 bits per heavy atom. The highest BCUT2D eigenvalue weighted by atomic mass is 32.2. The van der Waals surface area contributed by atoms with Crippen LogP contribution in [-0.4, -0.2) is 37.5 Å². The van der Waals surface area contributed by atoms with E-state index in [9.17, 15) is 21.6 Å². The summed E-state index contributed by atoms with van der Waals surface area (Å²) >= 11 is 4.71. The second-order valence-electron chi connectivity index (χ2n) is 4.16. The lowest BCUT2D eigenvalue weighted by atomic mass is 10.1. The van der Waals surface area contributed by atoms with Crippen LogP contribution >= 0.6 is 12.2 Å². The van der Waals surface area contributed by atoms with Gasteiger partial charge in [-0.3, -0.25) is 0 Å². The van der Waals surface area contributed by atoms with Crippen LogP contribution in [-0.2, 0) is 16.4 Å². The second-order valence-corrected chi connectivity index (χ2v) is 6.73. The average molecular weight is 326 g/mol. The van der Waals surface area contributed by atoms with Crippen LogP contribution in [0.5, 0.6) is 0 Å². The molecule has 0 saturated carbocycles. The van der Waals surface area contributed by atoms with E-state index in [1.165, 1.54) is 24.3 Å². The zero-order chi connectivity index (χ0) is 15.6. The van der Waals surface area contributed by atoms with E-state index in [1.54, 1.807) is 0 Å². The van der Waals surface area contributed by atoms with Crippen molar-refractivity contribution in [1.82, 2.24) is 4.31 Å². The van der Waals surface area contributed by atoms with E-state index < -0.39 is 22.7 Å². The zero-order valence-corrected chi connectivity index (χ0v) is 12.1. The molecule has 9 heteroatoms. The molecule has 0 bridgehead atoms. The maximum absolute atomic E-state index is 12.2. The second kappa shape index (κ2) is 6.06. The fourth-order valence-corrected chi connectivity index (χ4v) is 2.82. The van der Waals surface area contributed by atoms with Gasteiger partial charge in [-0.1, -0.05) is 24.4 Å². The lowest BCUT2D eigenvalue weighted by molar-refractivity contribution is -0.134. The Morgan fingerprint density at radius 3 is 2.20 bits per heavy atom. The van der Waals surface area contributed by atoms with Gasteiger partial charge in [0.05, 0.1) is 9.88 Å². The first-order valence-corrected chi connectivity index (χ1v) is 7.27. The lowest BCUT2D eigenvalue weighted by Crippen LogP contribution is -2.35. The molecule has 0 radical (unpaired) electrons. The minimum Gasteiger partial charge on any atom is -0.393 e. The summed E-state index contributed by atoms with van der Waals surface area (Å²) in [5.74, 6) is 0. The van der Waals surface area contributed by atoms with Gasteiger partial charge in [-0.2, -0.15) is 17.5 Å². The molecule has 1 aromatic carbocycles. The lowest BCUT2D eigenvalue weighted by Gasteiger charge is -2.18. The van der Waals surface area contributed by atoms with Gasteiger partial charge < -0.3 is 5.73 Å². The SMILES string of the molecule is CN(CC(F)(F)F)S(=O)(=O)c1ccc(CC(N)=S)cc1. The molecular formula is C11H13F3N2O2S2. The zero-order valence-electron chi connectivity index (χ0n) is 10.5. The Hall–Kier alpha value is -1.19. The molecule has 0 aliphatic heterocycles. The molecule has 0 unspecified atom stereocenters. The number of hydrogen-bond donors (Lipinski definition) is 1. The Bertz CT molecular complexity index is 583. The number of thiocarbonyl (C=S) groups is 1. The van der Waals surface area contributed by atoms with E-state index in [4.69, 9.17) is 18.0 Å². The van der Waals surface area contributed by atoms with Crippen LogP contribution in [0.25, 0.3) is 0 Å². The summed E-state index contributed by atoms with van der Waals surface area (Å²) in [6, 6.07) is 5.40. The molecular weight excluding hydrogens is 313 g/mol. The molecule has 0 atom stereocenters. The standard InChI is InChI=1S/C11H13F3N2O2S2/c1-16(7-11(12,13)14)20(17,18)9-4-2-8(3-5-9)6-10(15)19/h2-5H,6-7H2,1H3,(H2,15,19). The maximum Gasteiger partial charge on any atom is 0.402 e. The van der Waals surface area contributed by atoms with E-state index >= 15 is 0 Å². The first-order valence-electron chi connectivity index (χ1n) is 5.43. The van der Waals surface area contributed by atoms with Gasteiger partial charge >= 0.3 is 6.18 Å². The van der Waals surface area contributed by atoms with Gasteiger partial charge in [0.1, 0.15) is 6.54 Å². The molecule has 20 heavy (non-hydrogen) atoms. The molecule has 112 valence electrons. The normalized spacial score (nSPS) is 12.7. The van der Waals surface area contributed by atoms with Crippen molar-refractivity contribution in [2.45, 2.75) is 17.5 Å². The summed E-state index contributed by atoms with van der Waals surface area (Å²) in [4.78, 5) is 0.0331. The van der Waals surface area contributed by atoms with Crippen molar-refractivity contribution in [3.63, 3.8) is 0 Å². The summed E-state index contributed by atoms with van der Waals surface area (Å²) in [5.41, 5.74) is 6.04. The van der Waals surface area contributed by atoms with Crippen molar-refractivity contribution in [1.29, 1.82) is 0 Å². The molecule has 4 nitrogen and oxygen atoms in total. The van der Waals surface area contributed by atoms with Gasteiger partial charge in [0.2, 0.25) is 10.0 Å². The molecule has 2 N–H and O–H groups in total. The number of benzene rings is 1. The monoisotopic (exact) mass is 326 g/mol. The van der Waals surface area contributed by atoms with E-state index in [0.717, 1.165) is 7.05 Å². The van der Waals surface area contributed by atoms with Crippen molar-refractivity contribution in [2.75, 3.05) is 13.6 Å². The van der Waals surface area contributed by atoms with Crippen molar-refractivity contribution in [3.8, 4) is 0 Å². The molecule has 0 aromatic heterocycles. The number of rotatable bonds is 5. The van der Waals surface area contributed by atoms with Crippen LogP contribution in [0.4, 0.5) is 13.2 Å². The molecule has 0 aliphatic carbocycles. The van der Waals surface area contributed by atoms with Crippen molar-refractivity contribution in [2.24, 2.45) is 5.73 Å². The largest absolute Gasteiger partial charge is 0.402 e. The van der Waals surface area contributed by atoms with Crippen molar-refractivity contribution >= 4 is 27.2 Å². The highest BCUT2D eigenvalue weighted by Gasteiger charge is 2.34. The Kier molecular flexibility index (Phi) is 5.11. The van der Waals surface area contributed by atoms with Crippen LogP contribution < -0.4 is 5.73 Å². The third-order valence-corrected chi connectivity index (χ3v) is 4.37. The van der Waals surface area contributed by atoms with E-state index in [1.807, 2.05) is 0 Å². The van der Waals surface area contributed by atoms with Gasteiger partial charge in [-0.25, -0.2) is 8.42 Å². The Labute approximate surface area is 120 Å². The summed E-state index contributed by atoms with van der Waals surface area (Å²) in [6.45, 7) is -1.54. The minimum atomic E-state index is -4.59. The topological polar surface area (TPSA) is 63.4 Å². The van der Waals surface area contributed by atoms with Gasteiger partial charge in [0, 0.05) is 13.5 Å². The number of nitrogens with two attached hydrogens (primary N) is 1. The Morgan fingerprint density at radius 2 is 1.80 bits per heavy atom. The third-order valence-electron chi connectivity index (χ3n) is 2.41. The van der Waals surface area contributed by atoms with Crippen molar-refractivity contribution in [3.05, 3.63) is 29.8 Å². The minimum absolute atomic E-state index is 0.212. The molecule has 1 rings (SSSR count). The maximum atomic E-state index is 12.2. The predicted molar refractivity (Wildman–Crippen MR) is 72.8 cm³/mol. The molecule has 0 aliphatic rings. The predicted octanol–water partition coefficient (Wildman–Crippen LogP) is 1.70. The summed E-state index contributed by atoms with van der Waals surface area (Å²) in [6.07, 6.45) is -4.29. The number of nitrogens with zero attached hydrogens (tertiary/aromatic N) is 1. The summed E-state index contributed by atoms with van der Waals surface area (Å²) in [5, 5.41) is 0. The number of halogens is 3. The molecule has 0 fully saturated rings. The van der Waals surface area contributed by atoms with Crippen LogP contribution in [0, 0.1) is 0 Å². The first-order chi connectivity index (χ1) is 9.02. The molecule has 1 aromatic rings. The van der Waals surface area contributed by atoms with Crippen LogP contribution in [0.3, 0.4) is 0 Å². The van der Waals surface area contributed by atoms with Crippen LogP contribution in [0.15, 0.2) is 29.2 Å². The quantitative estimate of drug-likeness (QED) is 0.837. The fourth-order valence-electron chi connectivity index (χ4n) is 1.50. The van der Waals surface area contributed by atoms with Gasteiger partial charge in [0.15, 0.2) is 0 Å². The summed E-state index contributed by atoms with van der Waals surface area (Å²) in [7, 11) is -3.29. The van der Waals surface area contributed by atoms with Gasteiger partial charge in [-0.15, -0.1) is 0 Å². The van der Waals surface area contributed by atoms with Gasteiger partial charge in [0.25, 0.3) is 0 Å². The van der Waals surface area contributed by atoms with Crippen LogP contribution in [0.2, 0.25) is 0 Å². The van der Waals surface area contributed by atoms with Gasteiger partial charge in [-0.05, 0) is 17.7 Å². The highest BCUT2D eigenvalue weighted by Crippen LogP contribution is 2.21. The number of hydrogen-bond acceptors (Lipinski definition) is 3. The van der Waals surface area contributed by atoms with Crippen molar-refractivity contribution < 1.29 is 21.6 Å². The van der Waals surface area contributed by atoms with Crippen LogP contribution in [0.1, 0.15) is 5.56 Å². The molecule has 0 heterocycles. The van der Waals surface area contributed by atoms with E-state index in [0.29, 0.717) is 12.0 Å². The highest BCUT2D eigenvalue weighted by molar-refractivity contribution is 7.89. The first kappa shape index (κ1) is 16.9. The molecule has 0 amide bonds. The van der Waals surface area contributed by atoms with E-state index in [2.05, 4.69) is 0 Å². The fraction of sp³-hybridized carbons (Fsp3) is 0.364.